The smallest absolute Gasteiger partial charge is 0.303 e. The maximum absolute atomic E-state index is 12.7. The van der Waals surface area contributed by atoms with Gasteiger partial charge in [-0.15, -0.1) is 0 Å². The third-order valence-corrected chi connectivity index (χ3v) is 5.93. The number of carboxylic acids is 1. The topological polar surface area (TPSA) is 66.8 Å². The highest BCUT2D eigenvalue weighted by molar-refractivity contribution is 8.26. The van der Waals surface area contributed by atoms with Crippen LogP contribution in [0.25, 0.3) is 6.08 Å². The first-order valence-corrected chi connectivity index (χ1v) is 11.0. The molecule has 2 aromatic rings. The van der Waals surface area contributed by atoms with Gasteiger partial charge in [-0.25, -0.2) is 0 Å². The molecule has 1 saturated heterocycles. The molecule has 1 aliphatic heterocycles. The molecular formula is C23H23NO4S2. The molecule has 0 aromatic heterocycles. The van der Waals surface area contributed by atoms with Crippen LogP contribution >= 0.6 is 24.0 Å². The van der Waals surface area contributed by atoms with Gasteiger partial charge in [-0.2, -0.15) is 0 Å². The Hall–Kier alpha value is -2.64. The molecule has 1 aliphatic rings. The average Bonchev–Trinajstić information content (AvgIpc) is 3.00. The monoisotopic (exact) mass is 441 g/mol. The molecule has 1 heterocycles. The molecule has 5 nitrogen and oxygen atoms in total. The van der Waals surface area contributed by atoms with Gasteiger partial charge in [-0.05, 0) is 42.2 Å². The number of hydrogen-bond acceptors (Lipinski definition) is 5. The van der Waals surface area contributed by atoms with E-state index in [2.05, 4.69) is 0 Å². The van der Waals surface area contributed by atoms with Crippen LogP contribution in [0.15, 0.2) is 59.5 Å². The van der Waals surface area contributed by atoms with Gasteiger partial charge in [-0.3, -0.25) is 14.5 Å². The minimum absolute atomic E-state index is 0.0983. The predicted molar refractivity (Wildman–Crippen MR) is 123 cm³/mol. The quantitative estimate of drug-likeness (QED) is 0.314. The van der Waals surface area contributed by atoms with Crippen molar-refractivity contribution in [3.05, 3.63) is 70.6 Å². The maximum atomic E-state index is 12.7. The lowest BCUT2D eigenvalue weighted by molar-refractivity contribution is -0.137. The summed E-state index contributed by atoms with van der Waals surface area (Å²) >= 11 is 6.66. The van der Waals surface area contributed by atoms with Crippen LogP contribution in [-0.4, -0.2) is 32.7 Å². The van der Waals surface area contributed by atoms with E-state index in [0.717, 1.165) is 29.7 Å². The minimum Gasteiger partial charge on any atom is -0.489 e. The van der Waals surface area contributed by atoms with E-state index < -0.39 is 5.97 Å². The van der Waals surface area contributed by atoms with Crippen LogP contribution in [-0.2, 0) is 16.2 Å². The Morgan fingerprint density at radius 2 is 1.90 bits per heavy atom. The van der Waals surface area contributed by atoms with E-state index in [9.17, 15) is 9.59 Å². The number of benzene rings is 2. The first-order chi connectivity index (χ1) is 14.5. The molecule has 0 aliphatic carbocycles. The lowest BCUT2D eigenvalue weighted by atomic mass is 10.2. The zero-order chi connectivity index (χ0) is 21.3. The highest BCUT2D eigenvalue weighted by Gasteiger charge is 2.31. The summed E-state index contributed by atoms with van der Waals surface area (Å²) in [7, 11) is 0. The number of carboxylic acid groups (broad SMARTS) is 1. The maximum Gasteiger partial charge on any atom is 0.303 e. The molecule has 1 amide bonds. The fraction of sp³-hybridized carbons (Fsp3) is 0.261. The molecule has 0 spiro atoms. The summed E-state index contributed by atoms with van der Waals surface area (Å²) in [5.41, 5.74) is 1.97. The number of carbonyl (C=O) groups excluding carboxylic acids is 1. The van der Waals surface area contributed by atoms with Gasteiger partial charge in [0.2, 0.25) is 0 Å². The molecule has 0 saturated carbocycles. The van der Waals surface area contributed by atoms with Gasteiger partial charge in [0, 0.05) is 13.0 Å². The Labute approximate surface area is 185 Å². The fourth-order valence-electron chi connectivity index (χ4n) is 3.00. The van der Waals surface area contributed by atoms with E-state index in [1.807, 2.05) is 60.7 Å². The summed E-state index contributed by atoms with van der Waals surface area (Å²) < 4.78 is 6.40. The first-order valence-electron chi connectivity index (χ1n) is 9.77. The molecule has 1 N–H and O–H groups in total. The number of thiocarbonyl (C=S) groups is 1. The summed E-state index contributed by atoms with van der Waals surface area (Å²) in [6.45, 7) is 0.996. The van der Waals surface area contributed by atoms with Gasteiger partial charge in [-0.1, -0.05) is 72.9 Å². The Balaban J connectivity index is 1.57. The molecule has 7 heteroatoms. The normalized spacial score (nSPS) is 15.1. The largest absolute Gasteiger partial charge is 0.489 e. The Morgan fingerprint density at radius 1 is 1.10 bits per heavy atom. The van der Waals surface area contributed by atoms with E-state index in [1.165, 1.54) is 11.8 Å². The molecule has 30 heavy (non-hydrogen) atoms. The second kappa shape index (κ2) is 10.9. The van der Waals surface area contributed by atoms with Crippen molar-refractivity contribution in [1.82, 2.24) is 4.90 Å². The third-order valence-electron chi connectivity index (χ3n) is 4.55. The van der Waals surface area contributed by atoms with Crippen LogP contribution in [0.2, 0.25) is 0 Å². The molecule has 156 valence electrons. The van der Waals surface area contributed by atoms with Crippen molar-refractivity contribution in [3.8, 4) is 5.75 Å². The number of aliphatic carboxylic acids is 1. The van der Waals surface area contributed by atoms with Crippen LogP contribution in [0.1, 0.15) is 36.8 Å². The molecule has 1 fully saturated rings. The third kappa shape index (κ3) is 6.43. The van der Waals surface area contributed by atoms with Gasteiger partial charge in [0.25, 0.3) is 5.91 Å². The highest BCUT2D eigenvalue weighted by Crippen LogP contribution is 2.33. The Bertz CT molecular complexity index is 943. The van der Waals surface area contributed by atoms with E-state index in [4.69, 9.17) is 22.1 Å². The van der Waals surface area contributed by atoms with Crippen LogP contribution in [0.5, 0.6) is 5.75 Å². The number of ether oxygens (including phenoxy) is 1. The van der Waals surface area contributed by atoms with Crippen LogP contribution in [0.4, 0.5) is 0 Å². The summed E-state index contributed by atoms with van der Waals surface area (Å²) in [5.74, 6) is -0.154. The number of rotatable bonds is 10. The summed E-state index contributed by atoms with van der Waals surface area (Å²) in [6, 6.07) is 17.6. The van der Waals surface area contributed by atoms with Crippen molar-refractivity contribution in [3.63, 3.8) is 0 Å². The Morgan fingerprint density at radius 3 is 2.67 bits per heavy atom. The lowest BCUT2D eigenvalue weighted by Gasteiger charge is -2.13. The zero-order valence-corrected chi connectivity index (χ0v) is 18.1. The van der Waals surface area contributed by atoms with Crippen molar-refractivity contribution < 1.29 is 19.4 Å². The van der Waals surface area contributed by atoms with Crippen LogP contribution in [0.3, 0.4) is 0 Å². The van der Waals surface area contributed by atoms with Gasteiger partial charge in [0.05, 0.1) is 4.91 Å². The standard InChI is InChI=1S/C23H23NO4S2/c25-21(26)12-5-2-6-13-24-22(27)20(30-23(24)29)15-18-10-7-11-19(14-18)28-16-17-8-3-1-4-9-17/h1,3-4,7-11,14-15H,2,5-6,12-13,16H2,(H,25,26). The average molecular weight is 442 g/mol. The van der Waals surface area contributed by atoms with Crippen molar-refractivity contribution in [1.29, 1.82) is 0 Å². The second-order valence-electron chi connectivity index (χ2n) is 6.88. The summed E-state index contributed by atoms with van der Waals surface area (Å²) in [5, 5.41) is 8.69. The zero-order valence-electron chi connectivity index (χ0n) is 16.5. The number of thioether (sulfide) groups is 1. The van der Waals surface area contributed by atoms with Gasteiger partial charge >= 0.3 is 5.97 Å². The van der Waals surface area contributed by atoms with Gasteiger partial charge < -0.3 is 9.84 Å². The predicted octanol–water partition coefficient (Wildman–Crippen LogP) is 5.11. The van der Waals surface area contributed by atoms with Crippen molar-refractivity contribution >= 4 is 46.3 Å². The summed E-state index contributed by atoms with van der Waals surface area (Å²) in [6.07, 6.45) is 4.08. The van der Waals surface area contributed by atoms with Gasteiger partial charge in [0.15, 0.2) is 0 Å². The van der Waals surface area contributed by atoms with E-state index >= 15 is 0 Å². The van der Waals surface area contributed by atoms with E-state index in [1.54, 1.807) is 4.90 Å². The van der Waals surface area contributed by atoms with Crippen molar-refractivity contribution in [2.75, 3.05) is 6.54 Å². The number of hydrogen-bond donors (Lipinski definition) is 1. The molecule has 2 aromatic carbocycles. The molecule has 0 atom stereocenters. The Kier molecular flexibility index (Phi) is 8.04. The number of amides is 1. The number of unbranched alkanes of at least 4 members (excludes halogenated alkanes) is 2. The highest BCUT2D eigenvalue weighted by atomic mass is 32.2. The van der Waals surface area contributed by atoms with Crippen molar-refractivity contribution in [2.24, 2.45) is 0 Å². The van der Waals surface area contributed by atoms with E-state index in [-0.39, 0.29) is 12.3 Å². The molecule has 3 rings (SSSR count). The molecule has 0 unspecified atom stereocenters. The van der Waals surface area contributed by atoms with E-state index in [0.29, 0.717) is 28.8 Å². The first kappa shape index (κ1) is 22.1. The number of nitrogens with zero attached hydrogens (tertiary/aromatic N) is 1. The number of carbonyl (C=O) groups is 2. The molecular weight excluding hydrogens is 418 g/mol. The van der Waals surface area contributed by atoms with Crippen LogP contribution in [0, 0.1) is 0 Å². The fourth-order valence-corrected chi connectivity index (χ4v) is 4.31. The van der Waals surface area contributed by atoms with Gasteiger partial charge in [0.1, 0.15) is 16.7 Å². The van der Waals surface area contributed by atoms with Crippen LogP contribution < -0.4 is 4.74 Å². The molecule has 0 bridgehead atoms. The summed E-state index contributed by atoms with van der Waals surface area (Å²) in [4.78, 5) is 25.5. The SMILES string of the molecule is O=C(O)CCCCCN1C(=O)C(=Cc2cccc(OCc3ccccc3)c2)SC1=S. The van der Waals surface area contributed by atoms with Crippen molar-refractivity contribution in [2.45, 2.75) is 32.3 Å². The lowest BCUT2D eigenvalue weighted by Crippen LogP contribution is -2.29. The molecule has 0 radical (unpaired) electrons. The minimum atomic E-state index is -0.793. The second-order valence-corrected chi connectivity index (χ2v) is 8.56.